The number of ether oxygens (including phenoxy) is 1. The van der Waals surface area contributed by atoms with Gasteiger partial charge in [-0.15, -0.1) is 0 Å². The predicted molar refractivity (Wildman–Crippen MR) is 120 cm³/mol. The summed E-state index contributed by atoms with van der Waals surface area (Å²) in [5.74, 6) is -1.64. The molecule has 0 amide bonds. The van der Waals surface area contributed by atoms with Crippen LogP contribution in [0.3, 0.4) is 0 Å². The van der Waals surface area contributed by atoms with Crippen molar-refractivity contribution in [2.45, 2.75) is 26.0 Å². The summed E-state index contributed by atoms with van der Waals surface area (Å²) in [5.41, 5.74) is 4.70. The van der Waals surface area contributed by atoms with Crippen LogP contribution in [0.2, 0.25) is 0 Å². The van der Waals surface area contributed by atoms with Gasteiger partial charge in [0.1, 0.15) is 11.2 Å². The van der Waals surface area contributed by atoms with Gasteiger partial charge in [0.05, 0.1) is 12.4 Å². The Morgan fingerprint density at radius 2 is 2.12 bits per heavy atom. The summed E-state index contributed by atoms with van der Waals surface area (Å²) in [7, 11) is 1.72. The highest BCUT2D eigenvalue weighted by molar-refractivity contribution is 7.97. The van der Waals surface area contributed by atoms with Crippen LogP contribution in [-0.2, 0) is 12.1 Å². The second-order valence-electron chi connectivity index (χ2n) is 7.64. The van der Waals surface area contributed by atoms with Crippen LogP contribution in [0.4, 0.5) is 13.2 Å². The van der Waals surface area contributed by atoms with E-state index in [1.807, 2.05) is 0 Å². The van der Waals surface area contributed by atoms with Crippen molar-refractivity contribution in [3.8, 4) is 5.88 Å². The molecule has 3 aromatic rings. The molecule has 13 heteroatoms. The van der Waals surface area contributed by atoms with Gasteiger partial charge in [0, 0.05) is 18.4 Å². The first kappa shape index (κ1) is 23.5. The Bertz CT molecular complexity index is 1270. The zero-order valence-corrected chi connectivity index (χ0v) is 19.2. The number of guanidine groups is 1. The highest BCUT2D eigenvalue weighted by Gasteiger charge is 2.35. The summed E-state index contributed by atoms with van der Waals surface area (Å²) in [5, 5.41) is 3.64. The van der Waals surface area contributed by atoms with E-state index < -0.39 is 23.0 Å². The molecule has 0 fully saturated rings. The van der Waals surface area contributed by atoms with Gasteiger partial charge in [0.25, 0.3) is 5.89 Å². The van der Waals surface area contributed by atoms with Crippen LogP contribution < -0.4 is 10.5 Å². The Kier molecular flexibility index (Phi) is 6.46. The third-order valence-corrected chi connectivity index (χ3v) is 6.20. The molecule has 1 aliphatic rings. The van der Waals surface area contributed by atoms with Crippen molar-refractivity contribution in [3.05, 3.63) is 64.7 Å². The summed E-state index contributed by atoms with van der Waals surface area (Å²) in [6.07, 6.45) is 3.41. The van der Waals surface area contributed by atoms with Crippen molar-refractivity contribution in [2.24, 2.45) is 10.7 Å². The Balaban J connectivity index is 1.55. The Labute approximate surface area is 197 Å². The fourth-order valence-corrected chi connectivity index (χ4v) is 3.97. The maximum atomic E-state index is 14.8. The number of nitrogens with zero attached hydrogens (tertiary/aromatic N) is 6. The van der Waals surface area contributed by atoms with E-state index in [-0.39, 0.29) is 41.2 Å². The van der Waals surface area contributed by atoms with Crippen LogP contribution in [0.15, 0.2) is 34.0 Å². The van der Waals surface area contributed by atoms with E-state index in [0.29, 0.717) is 11.6 Å². The summed E-state index contributed by atoms with van der Waals surface area (Å²) >= 11 is 1.32. The molecule has 0 aliphatic carbocycles. The molecule has 0 saturated heterocycles. The molecule has 3 heterocycles. The number of aliphatic imine (C=N–C) groups is 1. The normalized spacial score (nSPS) is 18.7. The first-order valence-electron chi connectivity index (χ1n) is 9.98. The molecule has 0 radical (unpaired) electrons. The number of aryl methyl sites for hydroxylation is 1. The maximum absolute atomic E-state index is 14.8. The fourth-order valence-electron chi connectivity index (χ4n) is 3.14. The average Bonchev–Trinajstić information content (AvgIpc) is 3.23. The number of hydrogen-bond acceptors (Lipinski definition) is 10. The minimum Gasteiger partial charge on any atom is -0.466 e. The van der Waals surface area contributed by atoms with Crippen LogP contribution >= 0.6 is 11.9 Å². The first-order valence-corrected chi connectivity index (χ1v) is 10.9. The van der Waals surface area contributed by atoms with Crippen LogP contribution in [0.25, 0.3) is 11.9 Å². The molecule has 2 N–H and O–H groups in total. The molecule has 0 spiro atoms. The quantitative estimate of drug-likeness (QED) is 0.516. The zero-order valence-electron chi connectivity index (χ0n) is 18.4. The van der Waals surface area contributed by atoms with Gasteiger partial charge >= 0.3 is 0 Å². The Morgan fingerprint density at radius 1 is 1.32 bits per heavy atom. The fraction of sp³-hybridized carbons (Fsp3) is 0.286. The monoisotopic (exact) mass is 491 g/mol. The van der Waals surface area contributed by atoms with E-state index in [0.717, 1.165) is 18.3 Å². The number of halogens is 3. The highest BCUT2D eigenvalue weighted by atomic mass is 32.2. The molecule has 178 valence electrons. The third kappa shape index (κ3) is 4.98. The van der Waals surface area contributed by atoms with Gasteiger partial charge < -0.3 is 15.0 Å². The highest BCUT2D eigenvalue weighted by Crippen LogP contribution is 2.37. The summed E-state index contributed by atoms with van der Waals surface area (Å²) in [6, 6.07) is 2.24. The number of rotatable bonds is 6. The summed E-state index contributed by atoms with van der Waals surface area (Å²) in [4.78, 5) is 16.3. The van der Waals surface area contributed by atoms with Crippen LogP contribution in [0, 0.1) is 18.6 Å². The van der Waals surface area contributed by atoms with Crippen molar-refractivity contribution < 1.29 is 22.4 Å². The second-order valence-corrected chi connectivity index (χ2v) is 8.73. The summed E-state index contributed by atoms with van der Waals surface area (Å²) in [6.45, 7) is 3.29. The minimum atomic E-state index is -1.12. The predicted octanol–water partition coefficient (Wildman–Crippen LogP) is 3.62. The van der Waals surface area contributed by atoms with Gasteiger partial charge in [-0.1, -0.05) is 5.16 Å². The minimum absolute atomic E-state index is 0.0232. The van der Waals surface area contributed by atoms with E-state index in [1.165, 1.54) is 24.2 Å². The molecule has 1 aliphatic heterocycles. The zero-order chi connectivity index (χ0) is 24.5. The third-order valence-electron chi connectivity index (χ3n) is 4.93. The maximum Gasteiger partial charge on any atom is 0.264 e. The van der Waals surface area contributed by atoms with E-state index in [2.05, 4.69) is 25.1 Å². The molecule has 4 rings (SSSR count). The lowest BCUT2D eigenvalue weighted by Crippen LogP contribution is -2.40. The van der Waals surface area contributed by atoms with Gasteiger partial charge in [0.2, 0.25) is 11.8 Å². The molecule has 1 aromatic carbocycles. The lowest BCUT2D eigenvalue weighted by atomic mass is 9.92. The van der Waals surface area contributed by atoms with Crippen molar-refractivity contribution >= 4 is 29.8 Å². The van der Waals surface area contributed by atoms with Gasteiger partial charge in [-0.3, -0.25) is 4.31 Å². The second kappa shape index (κ2) is 9.33. The molecule has 1 unspecified atom stereocenters. The molecular formula is C21H20F3N7O2S. The van der Waals surface area contributed by atoms with E-state index in [9.17, 15) is 13.2 Å². The van der Waals surface area contributed by atoms with Crippen molar-refractivity contribution in [2.75, 3.05) is 12.8 Å². The van der Waals surface area contributed by atoms with Crippen LogP contribution in [-0.4, -0.2) is 43.2 Å². The molecule has 9 nitrogen and oxygen atoms in total. The lowest BCUT2D eigenvalue weighted by Gasteiger charge is -2.34. The number of aromatic nitrogens is 4. The van der Waals surface area contributed by atoms with Crippen molar-refractivity contribution in [1.29, 1.82) is 0 Å². The average molecular weight is 491 g/mol. The topological polar surface area (TPSA) is 116 Å². The number of hydrogen-bond donors (Lipinski definition) is 1. The first-order chi connectivity index (χ1) is 16.1. The van der Waals surface area contributed by atoms with Crippen LogP contribution in [0.1, 0.15) is 35.5 Å². The Hall–Kier alpha value is -3.61. The molecule has 0 bridgehead atoms. The SMILES string of the molecule is Cc1noc(COc2cnc(C(F)=Cc3cc(F)c(F)c(C4(C)CSN(C)C(N)=N4)c3)cn2)n1. The van der Waals surface area contributed by atoms with Crippen molar-refractivity contribution in [1.82, 2.24) is 24.4 Å². The molecule has 1 atom stereocenters. The van der Waals surface area contributed by atoms with Gasteiger partial charge in [0.15, 0.2) is 29.9 Å². The van der Waals surface area contributed by atoms with E-state index in [4.69, 9.17) is 15.0 Å². The van der Waals surface area contributed by atoms with Gasteiger partial charge in [-0.05, 0) is 49.6 Å². The largest absolute Gasteiger partial charge is 0.466 e. The molecular weight excluding hydrogens is 471 g/mol. The summed E-state index contributed by atoms with van der Waals surface area (Å²) < 4.78 is 55.8. The van der Waals surface area contributed by atoms with E-state index in [1.54, 1.807) is 25.2 Å². The number of nitrogens with two attached hydrogens (primary N) is 1. The standard InChI is InChI=1S/C21H20F3N7O2S/c1-11-28-18(33-30-11)9-32-17-8-26-16(7-27-17)14(22)5-12-4-13(19(24)15(23)6-12)21(2)10-34-31(3)20(25)29-21/h4-8H,9-10H2,1-3H3,(H2,25,29). The number of benzene rings is 1. The van der Waals surface area contributed by atoms with Gasteiger partial charge in [-0.25, -0.2) is 28.1 Å². The molecule has 2 aromatic heterocycles. The van der Waals surface area contributed by atoms with E-state index >= 15 is 0 Å². The van der Waals surface area contributed by atoms with Gasteiger partial charge in [-0.2, -0.15) is 4.98 Å². The lowest BCUT2D eigenvalue weighted by molar-refractivity contribution is 0.234. The molecule has 34 heavy (non-hydrogen) atoms. The van der Waals surface area contributed by atoms with Crippen LogP contribution in [0.5, 0.6) is 5.88 Å². The van der Waals surface area contributed by atoms with Crippen molar-refractivity contribution in [3.63, 3.8) is 0 Å². The smallest absolute Gasteiger partial charge is 0.264 e. The Morgan fingerprint density at radius 3 is 2.76 bits per heavy atom. The molecule has 0 saturated carbocycles.